The maximum atomic E-state index is 11.2. The van der Waals surface area contributed by atoms with Gasteiger partial charge in [0, 0.05) is 18.4 Å². The zero-order valence-electron chi connectivity index (χ0n) is 13.3. The maximum Gasteiger partial charge on any atom is 0.305 e. The van der Waals surface area contributed by atoms with Crippen LogP contribution in [0.2, 0.25) is 0 Å². The third-order valence-electron chi connectivity index (χ3n) is 3.45. The van der Waals surface area contributed by atoms with Crippen molar-refractivity contribution in [2.45, 2.75) is 46.0 Å². The summed E-state index contributed by atoms with van der Waals surface area (Å²) in [5.74, 6) is 1.51. The van der Waals surface area contributed by atoms with E-state index in [4.69, 9.17) is 9.15 Å². The van der Waals surface area contributed by atoms with Crippen molar-refractivity contribution in [1.82, 2.24) is 4.98 Å². The van der Waals surface area contributed by atoms with Crippen molar-refractivity contribution in [2.24, 2.45) is 0 Å². The zero-order valence-corrected chi connectivity index (χ0v) is 13.3. The van der Waals surface area contributed by atoms with Crippen LogP contribution in [0.5, 0.6) is 0 Å². The number of esters is 1. The average molecular weight is 301 g/mol. The summed E-state index contributed by atoms with van der Waals surface area (Å²) in [6.07, 6.45) is 4.09. The molecule has 0 N–H and O–H groups in total. The van der Waals surface area contributed by atoms with Crippen LogP contribution in [0.4, 0.5) is 0 Å². The number of benzene rings is 1. The largest absolute Gasteiger partial charge is 0.466 e. The molecule has 0 amide bonds. The van der Waals surface area contributed by atoms with Gasteiger partial charge in [-0.05, 0) is 26.7 Å². The molecular formula is C18H23NO3. The molecule has 118 valence electrons. The fourth-order valence-corrected chi connectivity index (χ4v) is 2.37. The highest BCUT2D eigenvalue weighted by Gasteiger charge is 2.11. The van der Waals surface area contributed by atoms with E-state index in [2.05, 4.69) is 4.98 Å². The van der Waals surface area contributed by atoms with Gasteiger partial charge in [-0.2, -0.15) is 0 Å². The first-order valence-corrected chi connectivity index (χ1v) is 7.88. The summed E-state index contributed by atoms with van der Waals surface area (Å²) in [5, 5.41) is 0. The van der Waals surface area contributed by atoms with Crippen molar-refractivity contribution < 1.29 is 13.9 Å². The molecule has 0 aliphatic heterocycles. The van der Waals surface area contributed by atoms with E-state index in [-0.39, 0.29) is 5.97 Å². The topological polar surface area (TPSA) is 52.3 Å². The minimum atomic E-state index is -0.110. The molecule has 1 aromatic carbocycles. The van der Waals surface area contributed by atoms with Crippen LogP contribution in [0.25, 0.3) is 11.3 Å². The summed E-state index contributed by atoms with van der Waals surface area (Å²) < 4.78 is 10.8. The van der Waals surface area contributed by atoms with Crippen LogP contribution in [0.15, 0.2) is 34.7 Å². The predicted octanol–water partition coefficient (Wildman–Crippen LogP) is 4.32. The zero-order chi connectivity index (χ0) is 15.8. The van der Waals surface area contributed by atoms with E-state index in [1.54, 1.807) is 0 Å². The van der Waals surface area contributed by atoms with E-state index < -0.39 is 0 Å². The fraction of sp³-hybridized carbons (Fsp3) is 0.444. The Labute approximate surface area is 131 Å². The monoisotopic (exact) mass is 301 g/mol. The number of rotatable bonds is 8. The van der Waals surface area contributed by atoms with E-state index >= 15 is 0 Å². The second-order valence-electron chi connectivity index (χ2n) is 5.25. The number of oxazole rings is 1. The van der Waals surface area contributed by atoms with Gasteiger partial charge in [-0.25, -0.2) is 4.98 Å². The first-order valence-electron chi connectivity index (χ1n) is 7.88. The molecule has 0 spiro atoms. The number of unbranched alkanes of at least 4 members (excludes halogenated alkanes) is 2. The predicted molar refractivity (Wildman–Crippen MR) is 85.5 cm³/mol. The first kappa shape index (κ1) is 16.3. The van der Waals surface area contributed by atoms with Gasteiger partial charge in [-0.15, -0.1) is 0 Å². The second-order valence-corrected chi connectivity index (χ2v) is 5.25. The molecule has 0 saturated heterocycles. The summed E-state index contributed by atoms with van der Waals surface area (Å²) in [4.78, 5) is 15.7. The molecule has 0 atom stereocenters. The van der Waals surface area contributed by atoms with Gasteiger partial charge < -0.3 is 9.15 Å². The lowest BCUT2D eigenvalue weighted by Crippen LogP contribution is -2.03. The van der Waals surface area contributed by atoms with E-state index in [0.717, 1.165) is 48.6 Å². The van der Waals surface area contributed by atoms with E-state index in [1.165, 1.54) is 0 Å². The molecule has 0 radical (unpaired) electrons. The van der Waals surface area contributed by atoms with Crippen molar-refractivity contribution in [3.63, 3.8) is 0 Å². The Bertz CT molecular complexity index is 590. The molecule has 0 aliphatic rings. The normalized spacial score (nSPS) is 10.6. The van der Waals surface area contributed by atoms with Crippen molar-refractivity contribution in [1.29, 1.82) is 0 Å². The highest BCUT2D eigenvalue weighted by atomic mass is 16.5. The lowest BCUT2D eigenvalue weighted by Gasteiger charge is -2.01. The van der Waals surface area contributed by atoms with Crippen molar-refractivity contribution in [2.75, 3.05) is 6.61 Å². The van der Waals surface area contributed by atoms with Crippen molar-refractivity contribution >= 4 is 5.97 Å². The molecule has 1 aromatic heterocycles. The lowest BCUT2D eigenvalue weighted by molar-refractivity contribution is -0.143. The first-order chi connectivity index (χ1) is 10.7. The fourth-order valence-electron chi connectivity index (χ4n) is 2.37. The molecule has 22 heavy (non-hydrogen) atoms. The molecule has 0 unspecified atom stereocenters. The standard InChI is InChI=1S/C18H23NO3/c1-3-21-17(20)13-9-5-8-12-16-19-14(2)18(22-16)15-10-6-4-7-11-15/h4,6-7,10-11H,3,5,8-9,12-13H2,1-2H3. The lowest BCUT2D eigenvalue weighted by atomic mass is 10.1. The number of hydrogen-bond donors (Lipinski definition) is 0. The summed E-state index contributed by atoms with van der Waals surface area (Å²) in [6.45, 7) is 4.25. The second kappa shape index (κ2) is 8.37. The maximum absolute atomic E-state index is 11.2. The smallest absolute Gasteiger partial charge is 0.305 e. The third-order valence-corrected chi connectivity index (χ3v) is 3.45. The Morgan fingerprint density at radius 1 is 1.18 bits per heavy atom. The summed E-state index contributed by atoms with van der Waals surface area (Å²) in [6, 6.07) is 10.0. The van der Waals surface area contributed by atoms with Gasteiger partial charge in [-0.3, -0.25) is 4.79 Å². The Hall–Kier alpha value is -2.10. The number of hydrogen-bond acceptors (Lipinski definition) is 4. The van der Waals surface area contributed by atoms with Crippen LogP contribution in [0.3, 0.4) is 0 Å². The minimum Gasteiger partial charge on any atom is -0.466 e. The van der Waals surface area contributed by atoms with Crippen LogP contribution in [-0.2, 0) is 16.0 Å². The third kappa shape index (κ3) is 4.72. The number of carbonyl (C=O) groups excluding carboxylic acids is 1. The van der Waals surface area contributed by atoms with Gasteiger partial charge in [-0.1, -0.05) is 36.8 Å². The van der Waals surface area contributed by atoms with Gasteiger partial charge in [0.2, 0.25) is 0 Å². The summed E-state index contributed by atoms with van der Waals surface area (Å²) in [7, 11) is 0. The molecule has 1 heterocycles. The molecule has 4 nitrogen and oxygen atoms in total. The molecule has 0 saturated carbocycles. The average Bonchev–Trinajstić information content (AvgIpc) is 2.89. The number of nitrogens with zero attached hydrogens (tertiary/aromatic N) is 1. The van der Waals surface area contributed by atoms with Gasteiger partial charge in [0.1, 0.15) is 0 Å². The molecule has 0 aliphatic carbocycles. The van der Waals surface area contributed by atoms with E-state index in [1.807, 2.05) is 44.2 Å². The molecule has 4 heteroatoms. The number of carbonyl (C=O) groups is 1. The minimum absolute atomic E-state index is 0.110. The van der Waals surface area contributed by atoms with Crippen LogP contribution in [0.1, 0.15) is 44.2 Å². The molecular weight excluding hydrogens is 278 g/mol. The molecule has 0 bridgehead atoms. The highest BCUT2D eigenvalue weighted by Crippen LogP contribution is 2.24. The summed E-state index contributed by atoms with van der Waals surface area (Å²) in [5.41, 5.74) is 1.98. The van der Waals surface area contributed by atoms with Gasteiger partial charge >= 0.3 is 5.97 Å². The Kier molecular flexibility index (Phi) is 6.19. The SMILES string of the molecule is CCOC(=O)CCCCCc1nc(C)c(-c2ccccc2)o1. The van der Waals surface area contributed by atoms with Gasteiger partial charge in [0.15, 0.2) is 11.7 Å². The van der Waals surface area contributed by atoms with Crippen LogP contribution in [0, 0.1) is 6.92 Å². The number of ether oxygens (including phenoxy) is 1. The number of aromatic nitrogens is 1. The Balaban J connectivity index is 1.79. The van der Waals surface area contributed by atoms with Crippen LogP contribution < -0.4 is 0 Å². The van der Waals surface area contributed by atoms with E-state index in [0.29, 0.717) is 13.0 Å². The molecule has 2 rings (SSSR count). The Morgan fingerprint density at radius 3 is 2.68 bits per heavy atom. The van der Waals surface area contributed by atoms with Gasteiger partial charge in [0.25, 0.3) is 0 Å². The van der Waals surface area contributed by atoms with Crippen LogP contribution in [-0.4, -0.2) is 17.6 Å². The quantitative estimate of drug-likeness (QED) is 0.538. The molecule has 2 aromatic rings. The summed E-state index contributed by atoms with van der Waals surface area (Å²) >= 11 is 0. The van der Waals surface area contributed by atoms with E-state index in [9.17, 15) is 4.79 Å². The van der Waals surface area contributed by atoms with Gasteiger partial charge in [0.05, 0.1) is 12.3 Å². The molecule has 0 fully saturated rings. The van der Waals surface area contributed by atoms with Crippen LogP contribution >= 0.6 is 0 Å². The van der Waals surface area contributed by atoms with Crippen molar-refractivity contribution in [3.05, 3.63) is 41.9 Å². The highest BCUT2D eigenvalue weighted by molar-refractivity contribution is 5.69. The Morgan fingerprint density at radius 2 is 1.95 bits per heavy atom. The van der Waals surface area contributed by atoms with Crippen molar-refractivity contribution in [3.8, 4) is 11.3 Å². The number of aryl methyl sites for hydroxylation is 2.